The van der Waals surface area contributed by atoms with Crippen molar-refractivity contribution in [3.05, 3.63) is 28.3 Å². The van der Waals surface area contributed by atoms with Crippen LogP contribution in [0.5, 0.6) is 0 Å². The molecule has 0 aromatic heterocycles. The van der Waals surface area contributed by atoms with Crippen LogP contribution in [0.1, 0.15) is 13.3 Å². The molecule has 0 radical (unpaired) electrons. The molecule has 1 rings (SSSR count). The lowest BCUT2D eigenvalue weighted by Gasteiger charge is -2.16. The van der Waals surface area contributed by atoms with E-state index in [1.807, 2.05) is 6.92 Å². The smallest absolute Gasteiger partial charge is 0.291 e. The third kappa shape index (κ3) is 3.21. The zero-order valence-corrected chi connectivity index (χ0v) is 11.9. The van der Waals surface area contributed by atoms with Crippen molar-refractivity contribution in [2.45, 2.75) is 18.2 Å². The molecule has 0 fully saturated rings. The minimum atomic E-state index is -3.84. The van der Waals surface area contributed by atoms with Gasteiger partial charge >= 0.3 is 0 Å². The summed E-state index contributed by atoms with van der Waals surface area (Å²) in [6.07, 6.45) is 0.637. The Balaban J connectivity index is 3.38. The molecule has 0 spiro atoms. The minimum absolute atomic E-state index is 0.285. The van der Waals surface area contributed by atoms with E-state index in [2.05, 4.69) is 5.32 Å². The summed E-state index contributed by atoms with van der Waals surface area (Å²) in [5, 5.41) is 13.8. The van der Waals surface area contributed by atoms with Gasteiger partial charge in [-0.2, -0.15) is 0 Å². The van der Waals surface area contributed by atoms with Gasteiger partial charge in [0.25, 0.3) is 5.69 Å². The maximum Gasteiger partial charge on any atom is 0.291 e. The molecule has 0 amide bonds. The van der Waals surface area contributed by atoms with Crippen molar-refractivity contribution >= 4 is 21.4 Å². The molecule has 106 valence electrons. The van der Waals surface area contributed by atoms with E-state index in [1.54, 1.807) is 7.05 Å². The summed E-state index contributed by atoms with van der Waals surface area (Å²) in [6.45, 7) is 2.15. The molecule has 0 saturated heterocycles. The summed E-state index contributed by atoms with van der Waals surface area (Å²) in [4.78, 5) is 10.0. The molecule has 0 aliphatic rings. The minimum Gasteiger partial charge on any atom is -0.388 e. The zero-order valence-electron chi connectivity index (χ0n) is 11.1. The molecule has 0 bridgehead atoms. The second-order valence-corrected chi connectivity index (χ2v) is 6.03. The predicted octanol–water partition coefficient (Wildman–Crippen LogP) is 1.67. The number of nitrogens with zero attached hydrogens (tertiary/aromatic N) is 2. The number of sulfonamides is 1. The van der Waals surface area contributed by atoms with E-state index in [0.29, 0.717) is 18.7 Å². The highest BCUT2D eigenvalue weighted by Gasteiger charge is 2.29. The van der Waals surface area contributed by atoms with Crippen LogP contribution in [0.15, 0.2) is 23.1 Å². The average Bonchev–Trinajstić information content (AvgIpc) is 2.38. The molecular formula is C11H17N3O4S. The molecule has 7 nitrogen and oxygen atoms in total. The molecule has 8 heteroatoms. The number of nitro benzene ring substituents is 1. The molecule has 0 atom stereocenters. The molecule has 0 heterocycles. The number of anilines is 1. The van der Waals surface area contributed by atoms with Gasteiger partial charge in [0.1, 0.15) is 0 Å². The highest BCUT2D eigenvalue weighted by molar-refractivity contribution is 7.89. The SMILES string of the molecule is CCCN(C)S(=O)(=O)c1ccc(NC)cc1[N+](=O)[O-]. The first-order chi connectivity index (χ1) is 8.84. The molecule has 0 aliphatic heterocycles. The van der Waals surface area contributed by atoms with Gasteiger partial charge in [0.2, 0.25) is 10.0 Å². The molecule has 1 N–H and O–H groups in total. The lowest BCUT2D eigenvalue weighted by molar-refractivity contribution is -0.387. The second-order valence-electron chi connectivity index (χ2n) is 4.02. The van der Waals surface area contributed by atoms with Crippen LogP contribution in [0.4, 0.5) is 11.4 Å². The Morgan fingerprint density at radius 2 is 2.05 bits per heavy atom. The third-order valence-corrected chi connectivity index (χ3v) is 4.58. The zero-order chi connectivity index (χ0) is 14.6. The van der Waals surface area contributed by atoms with E-state index in [1.165, 1.54) is 25.2 Å². The Morgan fingerprint density at radius 1 is 1.42 bits per heavy atom. The van der Waals surface area contributed by atoms with Crippen LogP contribution in [0.3, 0.4) is 0 Å². The van der Waals surface area contributed by atoms with Crippen LogP contribution in [0, 0.1) is 10.1 Å². The summed E-state index contributed by atoms with van der Waals surface area (Å²) in [6, 6.07) is 3.97. The van der Waals surface area contributed by atoms with Gasteiger partial charge < -0.3 is 5.32 Å². The Labute approximate surface area is 112 Å². The highest BCUT2D eigenvalue weighted by atomic mass is 32.2. The Kier molecular flexibility index (Phi) is 4.84. The topological polar surface area (TPSA) is 92.6 Å². The van der Waals surface area contributed by atoms with Crippen LogP contribution >= 0.6 is 0 Å². The van der Waals surface area contributed by atoms with Gasteiger partial charge in [0.05, 0.1) is 4.92 Å². The number of hydrogen-bond acceptors (Lipinski definition) is 5. The summed E-state index contributed by atoms with van der Waals surface area (Å²) >= 11 is 0. The van der Waals surface area contributed by atoms with E-state index < -0.39 is 20.6 Å². The lowest BCUT2D eigenvalue weighted by Crippen LogP contribution is -2.28. The summed E-state index contributed by atoms with van der Waals surface area (Å²) < 4.78 is 25.6. The van der Waals surface area contributed by atoms with Crippen LogP contribution in [0.2, 0.25) is 0 Å². The van der Waals surface area contributed by atoms with Gasteiger partial charge in [0, 0.05) is 32.4 Å². The van der Waals surface area contributed by atoms with Gasteiger partial charge in [-0.15, -0.1) is 0 Å². The standard InChI is InChI=1S/C11H17N3O4S/c1-4-7-13(3)19(17,18)11-6-5-9(12-2)8-10(11)14(15)16/h5-6,8,12H,4,7H2,1-3H3. The van der Waals surface area contributed by atoms with Crippen molar-refractivity contribution in [3.8, 4) is 0 Å². The molecule has 19 heavy (non-hydrogen) atoms. The first-order valence-corrected chi connectivity index (χ1v) is 7.21. The Morgan fingerprint density at radius 3 is 2.53 bits per heavy atom. The lowest BCUT2D eigenvalue weighted by atomic mass is 10.3. The average molecular weight is 287 g/mol. The summed E-state index contributed by atoms with van der Waals surface area (Å²) in [5.41, 5.74) is 0.0681. The number of nitro groups is 1. The largest absolute Gasteiger partial charge is 0.388 e. The van der Waals surface area contributed by atoms with Crippen LogP contribution in [-0.2, 0) is 10.0 Å². The fourth-order valence-corrected chi connectivity index (χ4v) is 3.03. The fraction of sp³-hybridized carbons (Fsp3) is 0.455. The van der Waals surface area contributed by atoms with Crippen LogP contribution in [0.25, 0.3) is 0 Å². The molecule has 0 unspecified atom stereocenters. The predicted molar refractivity (Wildman–Crippen MR) is 72.7 cm³/mol. The van der Waals surface area contributed by atoms with Gasteiger partial charge in [0.15, 0.2) is 4.90 Å². The van der Waals surface area contributed by atoms with Crippen molar-refractivity contribution in [2.24, 2.45) is 0 Å². The van der Waals surface area contributed by atoms with Gasteiger partial charge in [-0.25, -0.2) is 12.7 Å². The van der Waals surface area contributed by atoms with Crippen LogP contribution < -0.4 is 5.32 Å². The fourth-order valence-electron chi connectivity index (χ4n) is 1.64. The van der Waals surface area contributed by atoms with E-state index in [4.69, 9.17) is 0 Å². The highest BCUT2D eigenvalue weighted by Crippen LogP contribution is 2.29. The van der Waals surface area contributed by atoms with Gasteiger partial charge in [-0.1, -0.05) is 6.92 Å². The van der Waals surface area contributed by atoms with Crippen molar-refractivity contribution in [3.63, 3.8) is 0 Å². The van der Waals surface area contributed by atoms with Gasteiger partial charge in [-0.3, -0.25) is 10.1 Å². The van der Waals surface area contributed by atoms with Crippen molar-refractivity contribution in [1.29, 1.82) is 0 Å². The first-order valence-electron chi connectivity index (χ1n) is 5.77. The second kappa shape index (κ2) is 5.98. The van der Waals surface area contributed by atoms with Crippen molar-refractivity contribution in [2.75, 3.05) is 26.0 Å². The van der Waals surface area contributed by atoms with E-state index in [9.17, 15) is 18.5 Å². The van der Waals surface area contributed by atoms with E-state index in [0.717, 1.165) is 4.31 Å². The van der Waals surface area contributed by atoms with Crippen molar-refractivity contribution in [1.82, 2.24) is 4.31 Å². The monoisotopic (exact) mass is 287 g/mol. The van der Waals surface area contributed by atoms with E-state index in [-0.39, 0.29) is 4.90 Å². The molecule has 0 saturated carbocycles. The Bertz CT molecular complexity index is 571. The van der Waals surface area contributed by atoms with Crippen LogP contribution in [-0.4, -0.2) is 38.3 Å². The number of benzene rings is 1. The molecule has 0 aliphatic carbocycles. The summed E-state index contributed by atoms with van der Waals surface area (Å²) in [7, 11) is -0.819. The normalized spacial score (nSPS) is 11.6. The maximum atomic E-state index is 12.2. The molecular weight excluding hydrogens is 270 g/mol. The number of rotatable bonds is 6. The van der Waals surface area contributed by atoms with Gasteiger partial charge in [-0.05, 0) is 18.6 Å². The number of hydrogen-bond donors (Lipinski definition) is 1. The van der Waals surface area contributed by atoms with Crippen molar-refractivity contribution < 1.29 is 13.3 Å². The van der Waals surface area contributed by atoms with E-state index >= 15 is 0 Å². The molecule has 1 aromatic carbocycles. The molecule has 1 aromatic rings. The Hall–Kier alpha value is -1.67. The third-order valence-electron chi connectivity index (χ3n) is 2.67. The quantitative estimate of drug-likeness (QED) is 0.634. The number of nitrogens with one attached hydrogen (secondary N) is 1. The first kappa shape index (κ1) is 15.4. The summed E-state index contributed by atoms with van der Waals surface area (Å²) in [5.74, 6) is 0. The maximum absolute atomic E-state index is 12.2.